The molecule has 1 aromatic heterocycles. The maximum atomic E-state index is 13.7. The molecule has 0 bridgehead atoms. The number of piperidine rings is 3. The number of H-pyrrole nitrogens is 1. The average Bonchev–Trinajstić information content (AvgIpc) is 3.45. The molecule has 226 valence electrons. The zero-order valence-electron chi connectivity index (χ0n) is 24.9. The van der Waals surface area contributed by atoms with Crippen molar-refractivity contribution in [3.8, 4) is 11.1 Å². The Morgan fingerprint density at radius 2 is 1.67 bits per heavy atom. The van der Waals surface area contributed by atoms with Crippen LogP contribution in [0.1, 0.15) is 67.3 Å². The molecular formula is C33H46N5O3S+. The Labute approximate surface area is 250 Å². The molecule has 9 heteroatoms. The maximum Gasteiger partial charge on any atom is 0.250 e. The van der Waals surface area contributed by atoms with Crippen molar-refractivity contribution in [3.63, 3.8) is 0 Å². The Morgan fingerprint density at radius 3 is 2.33 bits per heavy atom. The fraction of sp³-hybridized carbons (Fsp3) is 0.545. The van der Waals surface area contributed by atoms with Crippen molar-refractivity contribution >= 4 is 26.8 Å². The number of aromatic nitrogens is 1. The molecule has 3 aromatic rings. The van der Waals surface area contributed by atoms with E-state index in [1.54, 1.807) is 4.31 Å². The highest BCUT2D eigenvalue weighted by atomic mass is 32.2. The number of fused-ring (bicyclic) bond motifs is 1. The molecule has 2 aromatic carbocycles. The minimum Gasteiger partial charge on any atom is -0.366 e. The number of nitrogens with two attached hydrogens (primary N) is 1. The fourth-order valence-electron chi connectivity index (χ4n) is 7.79. The van der Waals surface area contributed by atoms with E-state index in [9.17, 15) is 13.2 Å². The molecular weight excluding hydrogens is 546 g/mol. The molecule has 3 aliphatic rings. The summed E-state index contributed by atoms with van der Waals surface area (Å²) < 4.78 is 30.1. The molecule has 0 saturated carbocycles. The minimum atomic E-state index is -3.34. The molecule has 0 aliphatic carbocycles. The van der Waals surface area contributed by atoms with Gasteiger partial charge in [-0.25, -0.2) is 12.7 Å². The third-order valence-electron chi connectivity index (χ3n) is 10.5. The molecule has 3 aliphatic heterocycles. The molecule has 3 saturated heterocycles. The predicted molar refractivity (Wildman–Crippen MR) is 169 cm³/mol. The van der Waals surface area contributed by atoms with Gasteiger partial charge >= 0.3 is 0 Å². The third-order valence-corrected chi connectivity index (χ3v) is 12.3. The smallest absolute Gasteiger partial charge is 0.250 e. The summed E-state index contributed by atoms with van der Waals surface area (Å²) in [5.74, 6) is 0.737. The first kappa shape index (κ1) is 29.4. The monoisotopic (exact) mass is 592 g/mol. The van der Waals surface area contributed by atoms with Crippen LogP contribution in [-0.2, 0) is 10.0 Å². The molecule has 0 spiro atoms. The fourth-order valence-corrected chi connectivity index (χ4v) is 9.41. The van der Waals surface area contributed by atoms with Crippen molar-refractivity contribution in [2.45, 2.75) is 57.4 Å². The standard InChI is InChI=1S/C33H45N5O3S/c1-24-11-17-38(18-12-24,28-7-13-35-14-8-28)19-20-42(40,41)37-15-9-26(10-16-37)31-23-36-32-29(31)21-27(22-30(32)33(34)39)25-5-3-2-4-6-25/h2-6,21-24,26,28,35H,7-20H2,1H3,(H2-,34,36,39)/p+1. The van der Waals surface area contributed by atoms with Crippen LogP contribution in [0.3, 0.4) is 0 Å². The van der Waals surface area contributed by atoms with Crippen LogP contribution < -0.4 is 11.1 Å². The number of primary amides is 1. The number of likely N-dealkylation sites (tertiary alicyclic amines) is 1. The van der Waals surface area contributed by atoms with E-state index < -0.39 is 15.9 Å². The summed E-state index contributed by atoms with van der Waals surface area (Å²) >= 11 is 0. The van der Waals surface area contributed by atoms with Gasteiger partial charge in [-0.05, 0) is 66.3 Å². The number of benzene rings is 2. The normalized spacial score (nSPS) is 25.1. The molecule has 42 heavy (non-hydrogen) atoms. The SMILES string of the molecule is CC1CC[N+](CCS(=O)(=O)N2CCC(c3c[nH]c4c(C(N)=O)cc(-c5ccccc5)cc34)CC2)(C2CCNCC2)CC1. The summed E-state index contributed by atoms with van der Waals surface area (Å²) in [6, 6.07) is 14.6. The van der Waals surface area contributed by atoms with E-state index >= 15 is 0 Å². The molecule has 4 heterocycles. The van der Waals surface area contributed by atoms with Crippen molar-refractivity contribution in [1.82, 2.24) is 14.6 Å². The lowest BCUT2D eigenvalue weighted by Gasteiger charge is -2.50. The molecule has 3 fully saturated rings. The highest BCUT2D eigenvalue weighted by molar-refractivity contribution is 7.89. The van der Waals surface area contributed by atoms with E-state index in [1.165, 1.54) is 12.8 Å². The van der Waals surface area contributed by atoms with Gasteiger partial charge in [0.2, 0.25) is 10.0 Å². The first-order chi connectivity index (χ1) is 20.3. The van der Waals surface area contributed by atoms with Crippen molar-refractivity contribution in [3.05, 3.63) is 59.8 Å². The Morgan fingerprint density at radius 1 is 0.976 bits per heavy atom. The zero-order chi connectivity index (χ0) is 29.3. The van der Waals surface area contributed by atoms with E-state index in [4.69, 9.17) is 5.73 Å². The number of quaternary nitrogens is 1. The average molecular weight is 593 g/mol. The van der Waals surface area contributed by atoms with E-state index in [1.807, 2.05) is 42.6 Å². The second-order valence-corrected chi connectivity index (χ2v) is 15.1. The number of carbonyl (C=O) groups is 1. The number of amides is 1. The molecule has 4 N–H and O–H groups in total. The van der Waals surface area contributed by atoms with E-state index in [0.29, 0.717) is 24.7 Å². The lowest BCUT2D eigenvalue weighted by Crippen LogP contribution is -2.63. The second-order valence-electron chi connectivity index (χ2n) is 13.0. The number of hydrogen-bond acceptors (Lipinski definition) is 4. The minimum absolute atomic E-state index is 0.216. The van der Waals surface area contributed by atoms with Gasteiger partial charge in [0, 0.05) is 50.6 Å². The first-order valence-electron chi connectivity index (χ1n) is 15.8. The summed E-state index contributed by atoms with van der Waals surface area (Å²) in [7, 11) is -3.34. The van der Waals surface area contributed by atoms with E-state index in [2.05, 4.69) is 23.3 Å². The second kappa shape index (κ2) is 12.1. The van der Waals surface area contributed by atoms with Crippen LogP contribution in [0.5, 0.6) is 0 Å². The molecule has 6 rings (SSSR count). The molecule has 1 amide bonds. The number of aromatic amines is 1. The number of rotatable bonds is 8. The van der Waals surface area contributed by atoms with Crippen LogP contribution in [-0.4, -0.2) is 85.7 Å². The van der Waals surface area contributed by atoms with Gasteiger partial charge in [0.15, 0.2) is 0 Å². The summed E-state index contributed by atoms with van der Waals surface area (Å²) in [6.07, 6.45) is 8.21. The number of nitrogens with zero attached hydrogens (tertiary/aromatic N) is 2. The number of nitrogens with one attached hydrogen (secondary N) is 2. The molecule has 0 unspecified atom stereocenters. The van der Waals surface area contributed by atoms with Crippen LogP contribution in [0.25, 0.3) is 22.0 Å². The summed E-state index contributed by atoms with van der Waals surface area (Å²) in [5, 5.41) is 4.49. The van der Waals surface area contributed by atoms with E-state index in [-0.39, 0.29) is 11.7 Å². The van der Waals surface area contributed by atoms with Gasteiger partial charge in [-0.15, -0.1) is 0 Å². The van der Waals surface area contributed by atoms with Gasteiger partial charge in [0.1, 0.15) is 5.75 Å². The largest absolute Gasteiger partial charge is 0.366 e. The van der Waals surface area contributed by atoms with Crippen LogP contribution >= 0.6 is 0 Å². The Hall–Kier alpha value is -2.72. The van der Waals surface area contributed by atoms with Crippen LogP contribution in [0.15, 0.2) is 48.7 Å². The van der Waals surface area contributed by atoms with Crippen molar-refractivity contribution < 1.29 is 17.7 Å². The first-order valence-corrected chi connectivity index (χ1v) is 17.4. The lowest BCUT2D eigenvalue weighted by molar-refractivity contribution is -0.955. The summed E-state index contributed by atoms with van der Waals surface area (Å²) in [5.41, 5.74) is 10.2. The third kappa shape index (κ3) is 5.89. The van der Waals surface area contributed by atoms with Gasteiger partial charge in [-0.1, -0.05) is 37.3 Å². The molecule has 8 nitrogen and oxygen atoms in total. The van der Waals surface area contributed by atoms with Gasteiger partial charge in [0.25, 0.3) is 5.91 Å². The summed E-state index contributed by atoms with van der Waals surface area (Å²) in [4.78, 5) is 15.7. The maximum absolute atomic E-state index is 13.7. The topological polar surface area (TPSA) is 108 Å². The highest BCUT2D eigenvalue weighted by Crippen LogP contribution is 2.37. The molecule has 0 atom stereocenters. The lowest BCUT2D eigenvalue weighted by atomic mass is 9.88. The molecule has 0 radical (unpaired) electrons. The van der Waals surface area contributed by atoms with Gasteiger partial charge in [0.05, 0.1) is 36.8 Å². The number of carbonyl (C=O) groups excluding carboxylic acids is 1. The van der Waals surface area contributed by atoms with Gasteiger partial charge < -0.3 is 20.5 Å². The van der Waals surface area contributed by atoms with Crippen LogP contribution in [0, 0.1) is 5.92 Å². The predicted octanol–water partition coefficient (Wildman–Crippen LogP) is 4.44. The Bertz CT molecular complexity index is 1500. The number of sulfonamides is 1. The quantitative estimate of drug-likeness (QED) is 0.336. The van der Waals surface area contributed by atoms with Crippen LogP contribution in [0.4, 0.5) is 0 Å². The van der Waals surface area contributed by atoms with Gasteiger partial charge in [-0.3, -0.25) is 4.79 Å². The van der Waals surface area contributed by atoms with E-state index in [0.717, 1.165) is 96.4 Å². The number of hydrogen-bond donors (Lipinski definition) is 3. The zero-order valence-corrected chi connectivity index (χ0v) is 25.7. The van der Waals surface area contributed by atoms with Gasteiger partial charge in [-0.2, -0.15) is 0 Å². The van der Waals surface area contributed by atoms with Crippen molar-refractivity contribution in [1.29, 1.82) is 0 Å². The summed E-state index contributed by atoms with van der Waals surface area (Å²) in [6.45, 7) is 8.45. The van der Waals surface area contributed by atoms with Crippen LogP contribution in [0.2, 0.25) is 0 Å². The Balaban J connectivity index is 1.16. The Kier molecular flexibility index (Phi) is 8.46. The van der Waals surface area contributed by atoms with Crippen molar-refractivity contribution in [2.24, 2.45) is 11.7 Å². The van der Waals surface area contributed by atoms with Crippen molar-refractivity contribution in [2.75, 3.05) is 51.6 Å². The highest BCUT2D eigenvalue weighted by Gasteiger charge is 2.42.